The average molecular weight is 377 g/mol. The number of rotatable bonds is 6. The fraction of sp³-hybridized carbons (Fsp3) is 0.444. The van der Waals surface area contributed by atoms with E-state index < -0.39 is 5.91 Å². The number of nitrogens with one attached hydrogen (secondary N) is 2. The molecule has 0 unspecified atom stereocenters. The first kappa shape index (κ1) is 18.4. The number of hydrogen-bond donors (Lipinski definition) is 2. The van der Waals surface area contributed by atoms with Gasteiger partial charge in [-0.3, -0.25) is 9.59 Å². The van der Waals surface area contributed by atoms with Gasteiger partial charge in [-0.05, 0) is 37.1 Å². The molecule has 1 aromatic carbocycles. The molecule has 1 aromatic heterocycles. The van der Waals surface area contributed by atoms with Crippen LogP contribution in [0.3, 0.4) is 0 Å². The van der Waals surface area contributed by atoms with E-state index in [0.29, 0.717) is 16.4 Å². The molecule has 1 saturated carbocycles. The van der Waals surface area contributed by atoms with Crippen LogP contribution in [0.25, 0.3) is 0 Å². The number of halogens is 1. The Bertz CT molecular complexity index is 754. The minimum absolute atomic E-state index is 0.0328. The summed E-state index contributed by atoms with van der Waals surface area (Å²) in [6.07, 6.45) is 5.64. The monoisotopic (exact) mass is 376 g/mol. The molecule has 7 nitrogen and oxygen atoms in total. The number of amides is 2. The molecule has 138 valence electrons. The Labute approximate surface area is 156 Å². The fourth-order valence-corrected chi connectivity index (χ4v) is 3.11. The summed E-state index contributed by atoms with van der Waals surface area (Å²) in [7, 11) is 0. The molecule has 0 spiro atoms. The quantitative estimate of drug-likeness (QED) is 0.755. The van der Waals surface area contributed by atoms with Crippen LogP contribution in [0.5, 0.6) is 0 Å². The number of aromatic nitrogens is 2. The lowest BCUT2D eigenvalue weighted by molar-refractivity contribution is 0.0898. The highest BCUT2D eigenvalue weighted by Gasteiger charge is 2.23. The summed E-state index contributed by atoms with van der Waals surface area (Å²) in [6, 6.07) is 6.58. The van der Waals surface area contributed by atoms with E-state index in [2.05, 4.69) is 20.8 Å². The van der Waals surface area contributed by atoms with Gasteiger partial charge in [0.25, 0.3) is 5.91 Å². The van der Waals surface area contributed by atoms with E-state index in [1.165, 1.54) is 6.42 Å². The SMILES string of the molecule is O=C(NCCNC(=O)c1nc(C2CCCCC2)no1)c1ccc(Cl)cc1. The van der Waals surface area contributed by atoms with Crippen molar-refractivity contribution in [3.05, 3.63) is 46.6 Å². The van der Waals surface area contributed by atoms with Crippen LogP contribution >= 0.6 is 11.6 Å². The molecule has 8 heteroatoms. The van der Waals surface area contributed by atoms with E-state index in [1.54, 1.807) is 24.3 Å². The third-order valence-electron chi connectivity index (χ3n) is 4.41. The lowest BCUT2D eigenvalue weighted by atomic mass is 9.89. The first-order valence-electron chi connectivity index (χ1n) is 8.79. The van der Waals surface area contributed by atoms with Gasteiger partial charge in [0, 0.05) is 29.6 Å². The van der Waals surface area contributed by atoms with Gasteiger partial charge in [0.05, 0.1) is 0 Å². The normalized spacial score (nSPS) is 14.8. The van der Waals surface area contributed by atoms with E-state index in [0.717, 1.165) is 25.7 Å². The molecule has 0 saturated heterocycles. The van der Waals surface area contributed by atoms with Gasteiger partial charge >= 0.3 is 11.8 Å². The van der Waals surface area contributed by atoms with Crippen molar-refractivity contribution in [1.82, 2.24) is 20.8 Å². The smallest absolute Gasteiger partial charge is 0.315 e. The molecule has 0 aliphatic heterocycles. The Kier molecular flexibility index (Phi) is 6.22. The van der Waals surface area contributed by atoms with Crippen LogP contribution in [0.2, 0.25) is 5.02 Å². The standard InChI is InChI=1S/C18H21ClN4O3/c19-14-8-6-13(7-9-14)16(24)20-10-11-21-17(25)18-22-15(23-26-18)12-4-2-1-3-5-12/h6-9,12H,1-5,10-11H2,(H,20,24)(H,21,25). The van der Waals surface area contributed by atoms with Crippen molar-refractivity contribution in [3.63, 3.8) is 0 Å². The summed E-state index contributed by atoms with van der Waals surface area (Å²) >= 11 is 5.79. The molecule has 1 fully saturated rings. The lowest BCUT2D eigenvalue weighted by Gasteiger charge is -2.17. The molecular weight excluding hydrogens is 356 g/mol. The summed E-state index contributed by atoms with van der Waals surface area (Å²) in [6.45, 7) is 0.552. The van der Waals surface area contributed by atoms with Gasteiger partial charge in [-0.15, -0.1) is 0 Å². The van der Waals surface area contributed by atoms with E-state index in [9.17, 15) is 9.59 Å². The third-order valence-corrected chi connectivity index (χ3v) is 4.66. The van der Waals surface area contributed by atoms with Gasteiger partial charge in [0.15, 0.2) is 5.82 Å². The molecule has 1 heterocycles. The highest BCUT2D eigenvalue weighted by molar-refractivity contribution is 6.30. The predicted octanol–water partition coefficient (Wildman–Crippen LogP) is 2.93. The molecule has 2 aromatic rings. The number of benzene rings is 1. The third kappa shape index (κ3) is 4.82. The van der Waals surface area contributed by atoms with E-state index in [1.807, 2.05) is 0 Å². The lowest BCUT2D eigenvalue weighted by Crippen LogP contribution is -2.34. The fourth-order valence-electron chi connectivity index (χ4n) is 2.98. The Hall–Kier alpha value is -2.41. The van der Waals surface area contributed by atoms with E-state index >= 15 is 0 Å². The van der Waals surface area contributed by atoms with Crippen molar-refractivity contribution in [1.29, 1.82) is 0 Å². The molecule has 0 radical (unpaired) electrons. The van der Waals surface area contributed by atoms with Crippen LogP contribution in [-0.2, 0) is 0 Å². The molecule has 3 rings (SSSR count). The summed E-state index contributed by atoms with van der Waals surface area (Å²) < 4.78 is 5.07. The number of carbonyl (C=O) groups is 2. The Morgan fingerprint density at radius 2 is 1.69 bits per heavy atom. The first-order valence-corrected chi connectivity index (χ1v) is 9.17. The topological polar surface area (TPSA) is 97.1 Å². The Balaban J connectivity index is 1.42. The number of nitrogens with zero attached hydrogens (tertiary/aromatic N) is 2. The summed E-state index contributed by atoms with van der Waals surface area (Å²) in [5.41, 5.74) is 0.509. The van der Waals surface area contributed by atoms with Gasteiger partial charge in [-0.1, -0.05) is 36.0 Å². The van der Waals surface area contributed by atoms with Crippen molar-refractivity contribution in [2.45, 2.75) is 38.0 Å². The van der Waals surface area contributed by atoms with Gasteiger partial charge < -0.3 is 15.2 Å². The highest BCUT2D eigenvalue weighted by atomic mass is 35.5. The highest BCUT2D eigenvalue weighted by Crippen LogP contribution is 2.30. The Morgan fingerprint density at radius 3 is 2.38 bits per heavy atom. The summed E-state index contributed by atoms with van der Waals surface area (Å²) in [5, 5.41) is 9.89. The zero-order valence-corrected chi connectivity index (χ0v) is 15.1. The molecule has 1 aliphatic rings. The minimum atomic E-state index is -0.430. The molecular formula is C18H21ClN4O3. The number of carbonyl (C=O) groups excluding carboxylic acids is 2. The summed E-state index contributed by atoms with van der Waals surface area (Å²) in [4.78, 5) is 28.2. The van der Waals surface area contributed by atoms with Crippen LogP contribution in [0.1, 0.15) is 64.9 Å². The maximum atomic E-state index is 12.1. The minimum Gasteiger partial charge on any atom is -0.350 e. The van der Waals surface area contributed by atoms with Crippen molar-refractivity contribution in [2.75, 3.05) is 13.1 Å². The van der Waals surface area contributed by atoms with Gasteiger partial charge in [0.1, 0.15) is 0 Å². The van der Waals surface area contributed by atoms with E-state index in [-0.39, 0.29) is 30.8 Å². The summed E-state index contributed by atoms with van der Waals surface area (Å²) in [5.74, 6) is 0.210. The van der Waals surface area contributed by atoms with E-state index in [4.69, 9.17) is 16.1 Å². The van der Waals surface area contributed by atoms with Gasteiger partial charge in [-0.2, -0.15) is 4.98 Å². The maximum absolute atomic E-state index is 12.1. The second kappa shape index (κ2) is 8.80. The van der Waals surface area contributed by atoms with Crippen LogP contribution < -0.4 is 10.6 Å². The van der Waals surface area contributed by atoms with Crippen molar-refractivity contribution in [2.24, 2.45) is 0 Å². The van der Waals surface area contributed by atoms with Crippen LogP contribution in [0.15, 0.2) is 28.8 Å². The van der Waals surface area contributed by atoms with Crippen molar-refractivity contribution < 1.29 is 14.1 Å². The van der Waals surface area contributed by atoms with Gasteiger partial charge in [-0.25, -0.2) is 0 Å². The predicted molar refractivity (Wildman–Crippen MR) is 96.2 cm³/mol. The molecule has 26 heavy (non-hydrogen) atoms. The largest absolute Gasteiger partial charge is 0.350 e. The molecule has 2 amide bonds. The second-order valence-electron chi connectivity index (χ2n) is 6.31. The Morgan fingerprint density at radius 1 is 1.04 bits per heavy atom. The van der Waals surface area contributed by atoms with Crippen LogP contribution in [0, 0.1) is 0 Å². The average Bonchev–Trinajstić information content (AvgIpc) is 3.16. The maximum Gasteiger partial charge on any atom is 0.315 e. The van der Waals surface area contributed by atoms with Crippen molar-refractivity contribution >= 4 is 23.4 Å². The second-order valence-corrected chi connectivity index (χ2v) is 6.75. The van der Waals surface area contributed by atoms with Gasteiger partial charge in [0.2, 0.25) is 0 Å². The zero-order valence-electron chi connectivity index (χ0n) is 14.3. The molecule has 0 bridgehead atoms. The van der Waals surface area contributed by atoms with Crippen LogP contribution in [-0.4, -0.2) is 35.0 Å². The zero-order chi connectivity index (χ0) is 18.4. The van der Waals surface area contributed by atoms with Crippen LogP contribution in [0.4, 0.5) is 0 Å². The molecule has 1 aliphatic carbocycles. The first-order chi connectivity index (χ1) is 12.6. The van der Waals surface area contributed by atoms with Crippen molar-refractivity contribution in [3.8, 4) is 0 Å². The molecule has 0 atom stereocenters. The number of hydrogen-bond acceptors (Lipinski definition) is 5. The molecule has 2 N–H and O–H groups in total.